The van der Waals surface area contributed by atoms with Crippen LogP contribution in [0, 0.1) is 6.92 Å². The number of aryl methyl sites for hydroxylation is 1. The molecule has 7 nitrogen and oxygen atoms in total. The van der Waals surface area contributed by atoms with E-state index in [1.54, 1.807) is 12.3 Å². The minimum Gasteiger partial charge on any atom is -0.463 e. The van der Waals surface area contributed by atoms with Gasteiger partial charge in [-0.05, 0) is 49.2 Å². The number of ether oxygens (including phenoxy) is 1. The third-order valence-electron chi connectivity index (χ3n) is 5.33. The average molecular weight is 473 g/mol. The van der Waals surface area contributed by atoms with Crippen LogP contribution in [0.3, 0.4) is 0 Å². The number of rotatable bonds is 11. The second-order valence-corrected chi connectivity index (χ2v) is 8.11. The fourth-order valence-corrected chi connectivity index (χ4v) is 3.50. The molecular weight excluding hydrogens is 440 g/mol. The van der Waals surface area contributed by atoms with Crippen LogP contribution in [0.2, 0.25) is 0 Å². The Morgan fingerprint density at radius 2 is 1.91 bits per heavy atom. The molecule has 1 aromatic heterocycles. The summed E-state index contributed by atoms with van der Waals surface area (Å²) in [5, 5.41) is 8.24. The van der Waals surface area contributed by atoms with E-state index in [9.17, 15) is 9.59 Å². The molecule has 3 N–H and O–H groups in total. The molecule has 0 bridgehead atoms. The standard InChI is InChI=1S/C25H32N4O3.ClH/c1-3-4-5-6-7-11-24(30)32-17-22(26)25(31)28-20-13-12-19-16-27-29(23(19)15-20)21-10-8-9-18(2)14-21;/h8-10,12-16,22H,3-7,11,17,26H2,1-2H3,(H,28,31);1H. The molecule has 0 saturated heterocycles. The molecule has 33 heavy (non-hydrogen) atoms. The maximum atomic E-state index is 12.5. The zero-order chi connectivity index (χ0) is 22.9. The molecule has 0 aliphatic rings. The monoisotopic (exact) mass is 472 g/mol. The van der Waals surface area contributed by atoms with Gasteiger partial charge < -0.3 is 15.8 Å². The Balaban J connectivity index is 0.00000385. The lowest BCUT2D eigenvalue weighted by Crippen LogP contribution is -2.40. The molecule has 1 heterocycles. The normalized spacial score (nSPS) is 11.6. The number of fused-ring (bicyclic) bond motifs is 1. The fraction of sp³-hybridized carbons (Fsp3) is 0.400. The lowest BCUT2D eigenvalue weighted by molar-refractivity contribution is -0.144. The summed E-state index contributed by atoms with van der Waals surface area (Å²) in [5.74, 6) is -0.713. The third kappa shape index (κ3) is 7.58. The summed E-state index contributed by atoms with van der Waals surface area (Å²) >= 11 is 0. The molecule has 0 aliphatic heterocycles. The predicted octanol–water partition coefficient (Wildman–Crippen LogP) is 4.93. The lowest BCUT2D eigenvalue weighted by Gasteiger charge is -2.13. The summed E-state index contributed by atoms with van der Waals surface area (Å²) in [7, 11) is 0. The number of nitrogens with one attached hydrogen (secondary N) is 1. The minimum absolute atomic E-state index is 0. The highest BCUT2D eigenvalue weighted by Gasteiger charge is 2.17. The molecule has 0 aliphatic carbocycles. The van der Waals surface area contributed by atoms with Gasteiger partial charge in [0.25, 0.3) is 0 Å². The molecule has 3 aromatic rings. The van der Waals surface area contributed by atoms with Crippen molar-refractivity contribution in [3.63, 3.8) is 0 Å². The quantitative estimate of drug-likeness (QED) is 0.304. The van der Waals surface area contributed by atoms with Crippen molar-refractivity contribution in [1.29, 1.82) is 0 Å². The van der Waals surface area contributed by atoms with Gasteiger partial charge in [-0.3, -0.25) is 9.59 Å². The van der Waals surface area contributed by atoms with Crippen LogP contribution in [0.5, 0.6) is 0 Å². The molecule has 1 unspecified atom stereocenters. The van der Waals surface area contributed by atoms with Gasteiger partial charge in [0.1, 0.15) is 12.6 Å². The van der Waals surface area contributed by atoms with Crippen LogP contribution in [0.1, 0.15) is 51.0 Å². The summed E-state index contributed by atoms with van der Waals surface area (Å²) in [4.78, 5) is 24.3. The molecule has 0 spiro atoms. The Kier molecular flexibility index (Phi) is 10.4. The largest absolute Gasteiger partial charge is 0.463 e. The number of nitrogens with two attached hydrogens (primary N) is 1. The van der Waals surface area contributed by atoms with Crippen molar-refractivity contribution in [1.82, 2.24) is 9.78 Å². The Morgan fingerprint density at radius 1 is 1.12 bits per heavy atom. The van der Waals surface area contributed by atoms with Crippen molar-refractivity contribution < 1.29 is 14.3 Å². The van der Waals surface area contributed by atoms with Gasteiger partial charge in [-0.2, -0.15) is 5.10 Å². The third-order valence-corrected chi connectivity index (χ3v) is 5.33. The Labute approximate surface area is 201 Å². The van der Waals surface area contributed by atoms with Gasteiger partial charge in [-0.25, -0.2) is 4.68 Å². The highest BCUT2D eigenvalue weighted by atomic mass is 35.5. The number of aromatic nitrogens is 2. The topological polar surface area (TPSA) is 99.2 Å². The summed E-state index contributed by atoms with van der Waals surface area (Å²) in [6, 6.07) is 12.7. The van der Waals surface area contributed by atoms with Gasteiger partial charge in [0.05, 0.1) is 17.4 Å². The molecule has 0 radical (unpaired) electrons. The molecular formula is C25H33ClN4O3. The zero-order valence-electron chi connectivity index (χ0n) is 19.3. The van der Waals surface area contributed by atoms with Crippen molar-refractivity contribution in [2.45, 2.75) is 58.4 Å². The van der Waals surface area contributed by atoms with Crippen LogP contribution < -0.4 is 11.1 Å². The molecule has 1 atom stereocenters. The van der Waals surface area contributed by atoms with E-state index >= 15 is 0 Å². The van der Waals surface area contributed by atoms with E-state index in [2.05, 4.69) is 17.3 Å². The summed E-state index contributed by atoms with van der Waals surface area (Å²) < 4.78 is 7.01. The number of anilines is 1. The van der Waals surface area contributed by atoms with E-state index in [0.29, 0.717) is 12.1 Å². The number of benzene rings is 2. The summed E-state index contributed by atoms with van der Waals surface area (Å²) in [5.41, 5.74) is 9.49. The number of halogens is 1. The zero-order valence-corrected chi connectivity index (χ0v) is 20.1. The van der Waals surface area contributed by atoms with Crippen molar-refractivity contribution >= 4 is 40.9 Å². The smallest absolute Gasteiger partial charge is 0.305 e. The van der Waals surface area contributed by atoms with Crippen LogP contribution >= 0.6 is 12.4 Å². The summed E-state index contributed by atoms with van der Waals surface area (Å²) in [6.07, 6.45) is 7.42. The first-order chi connectivity index (χ1) is 15.5. The van der Waals surface area contributed by atoms with Gasteiger partial charge >= 0.3 is 5.97 Å². The van der Waals surface area contributed by atoms with E-state index in [1.807, 2.05) is 48.0 Å². The van der Waals surface area contributed by atoms with E-state index in [4.69, 9.17) is 10.5 Å². The van der Waals surface area contributed by atoms with Crippen LogP contribution in [-0.2, 0) is 14.3 Å². The molecule has 1 amide bonds. The number of carbonyl (C=O) groups is 2. The van der Waals surface area contributed by atoms with Gasteiger partial charge in [-0.15, -0.1) is 12.4 Å². The first-order valence-electron chi connectivity index (χ1n) is 11.2. The lowest BCUT2D eigenvalue weighted by atomic mass is 10.1. The second kappa shape index (κ2) is 13.0. The Bertz CT molecular complexity index is 1070. The molecule has 3 rings (SSSR count). The summed E-state index contributed by atoms with van der Waals surface area (Å²) in [6.45, 7) is 4.04. The molecule has 178 valence electrons. The van der Waals surface area contributed by atoms with E-state index in [1.165, 1.54) is 6.42 Å². The number of carbonyl (C=O) groups excluding carboxylic acids is 2. The number of amides is 1. The van der Waals surface area contributed by atoms with Crippen LogP contribution in [0.4, 0.5) is 5.69 Å². The molecule has 8 heteroatoms. The number of hydrogen-bond donors (Lipinski definition) is 2. The Morgan fingerprint density at radius 3 is 2.67 bits per heavy atom. The minimum atomic E-state index is -0.934. The van der Waals surface area contributed by atoms with Crippen molar-refractivity contribution in [3.8, 4) is 5.69 Å². The van der Waals surface area contributed by atoms with Gasteiger partial charge in [0.2, 0.25) is 5.91 Å². The van der Waals surface area contributed by atoms with E-state index in [0.717, 1.165) is 47.8 Å². The van der Waals surface area contributed by atoms with Crippen molar-refractivity contribution in [2.75, 3.05) is 11.9 Å². The fourth-order valence-electron chi connectivity index (χ4n) is 3.50. The van der Waals surface area contributed by atoms with E-state index < -0.39 is 11.9 Å². The first kappa shape index (κ1) is 26.4. The van der Waals surface area contributed by atoms with E-state index in [-0.39, 0.29) is 25.0 Å². The van der Waals surface area contributed by atoms with Gasteiger partial charge in [0.15, 0.2) is 0 Å². The second-order valence-electron chi connectivity index (χ2n) is 8.11. The van der Waals surface area contributed by atoms with Crippen LogP contribution in [0.25, 0.3) is 16.6 Å². The van der Waals surface area contributed by atoms with Crippen molar-refractivity contribution in [3.05, 3.63) is 54.2 Å². The predicted molar refractivity (Wildman–Crippen MR) is 134 cm³/mol. The molecule has 2 aromatic carbocycles. The highest BCUT2D eigenvalue weighted by Crippen LogP contribution is 2.22. The van der Waals surface area contributed by atoms with Crippen LogP contribution in [0.15, 0.2) is 48.7 Å². The van der Waals surface area contributed by atoms with Crippen molar-refractivity contribution in [2.24, 2.45) is 5.73 Å². The maximum absolute atomic E-state index is 12.5. The number of nitrogens with zero attached hydrogens (tertiary/aromatic N) is 2. The molecule has 0 fully saturated rings. The number of esters is 1. The SMILES string of the molecule is CCCCCCCC(=O)OCC(N)C(=O)Nc1ccc2cnn(-c3cccc(C)c3)c2c1.Cl. The van der Waals surface area contributed by atoms with Crippen LogP contribution in [-0.4, -0.2) is 34.3 Å². The number of hydrogen-bond acceptors (Lipinski definition) is 5. The molecule has 0 saturated carbocycles. The first-order valence-corrected chi connectivity index (χ1v) is 11.2. The number of unbranched alkanes of at least 4 members (excludes halogenated alkanes) is 4. The maximum Gasteiger partial charge on any atom is 0.305 e. The average Bonchev–Trinajstić information content (AvgIpc) is 3.20. The Hall–Kier alpha value is -2.90. The highest BCUT2D eigenvalue weighted by molar-refractivity contribution is 5.97. The van der Waals surface area contributed by atoms with Gasteiger partial charge in [0, 0.05) is 17.5 Å². The van der Waals surface area contributed by atoms with Gasteiger partial charge in [-0.1, -0.05) is 44.7 Å².